The lowest BCUT2D eigenvalue weighted by Crippen LogP contribution is -2.43. The van der Waals surface area contributed by atoms with Gasteiger partial charge in [0.1, 0.15) is 6.04 Å². The van der Waals surface area contributed by atoms with Crippen LogP contribution in [0.1, 0.15) is 20.3 Å². The Morgan fingerprint density at radius 3 is 2.44 bits per heavy atom. The first-order chi connectivity index (χ1) is 7.30. The highest BCUT2D eigenvalue weighted by molar-refractivity contribution is 7.89. The number of sulfonamides is 1. The molecule has 0 bridgehead atoms. The van der Waals surface area contributed by atoms with Gasteiger partial charge in [-0.25, -0.2) is 8.42 Å². The van der Waals surface area contributed by atoms with Gasteiger partial charge in [-0.15, -0.1) is 0 Å². The van der Waals surface area contributed by atoms with Crippen LogP contribution in [0.3, 0.4) is 0 Å². The van der Waals surface area contributed by atoms with E-state index >= 15 is 0 Å². The zero-order valence-electron chi connectivity index (χ0n) is 9.58. The van der Waals surface area contributed by atoms with E-state index in [1.54, 1.807) is 0 Å². The van der Waals surface area contributed by atoms with Crippen LogP contribution in [0.2, 0.25) is 0 Å². The summed E-state index contributed by atoms with van der Waals surface area (Å²) in [5.41, 5.74) is 0. The molecule has 94 valence electrons. The van der Waals surface area contributed by atoms with Crippen LogP contribution in [-0.2, 0) is 19.6 Å². The molecule has 1 saturated heterocycles. The Hall–Kier alpha value is -0.660. The van der Waals surface area contributed by atoms with Crippen molar-refractivity contribution in [2.24, 2.45) is 0 Å². The lowest BCUT2D eigenvalue weighted by atomic mass is 10.2. The number of rotatable bonds is 4. The zero-order chi connectivity index (χ0) is 12.5. The fourth-order valence-corrected chi connectivity index (χ4v) is 3.16. The quantitative estimate of drug-likeness (QED) is 0.754. The number of aliphatic carboxylic acids is 1. The second-order valence-corrected chi connectivity index (χ2v) is 6.55. The number of carbonyl (C=O) groups is 1. The molecule has 1 heterocycles. The van der Waals surface area contributed by atoms with Gasteiger partial charge in [0.2, 0.25) is 10.0 Å². The van der Waals surface area contributed by atoms with Crippen molar-refractivity contribution in [1.82, 2.24) is 4.31 Å². The molecule has 1 aliphatic rings. The normalized spacial score (nSPS) is 27.5. The van der Waals surface area contributed by atoms with Crippen LogP contribution in [0.15, 0.2) is 0 Å². The van der Waals surface area contributed by atoms with Crippen molar-refractivity contribution in [1.29, 1.82) is 0 Å². The fourth-order valence-electron chi connectivity index (χ4n) is 1.72. The molecule has 0 saturated carbocycles. The smallest absolute Gasteiger partial charge is 0.322 e. The summed E-state index contributed by atoms with van der Waals surface area (Å²) in [4.78, 5) is 11.0. The molecule has 0 aromatic heterocycles. The summed E-state index contributed by atoms with van der Waals surface area (Å²) in [7, 11) is -2.09. The van der Waals surface area contributed by atoms with Gasteiger partial charge in [-0.3, -0.25) is 4.79 Å². The van der Waals surface area contributed by atoms with E-state index in [9.17, 15) is 13.2 Å². The third-order valence-electron chi connectivity index (χ3n) is 2.76. The van der Waals surface area contributed by atoms with E-state index in [1.807, 2.05) is 0 Å². The van der Waals surface area contributed by atoms with Gasteiger partial charge in [0.15, 0.2) is 0 Å². The third-order valence-corrected chi connectivity index (χ3v) is 5.01. The largest absolute Gasteiger partial charge is 0.480 e. The highest BCUT2D eigenvalue weighted by Crippen LogP contribution is 2.25. The van der Waals surface area contributed by atoms with Crippen LogP contribution >= 0.6 is 0 Å². The highest BCUT2D eigenvalue weighted by Gasteiger charge is 2.44. The molecule has 1 fully saturated rings. The number of methoxy groups -OCH3 is 1. The predicted molar refractivity (Wildman–Crippen MR) is 57.6 cm³/mol. The van der Waals surface area contributed by atoms with Gasteiger partial charge in [-0.2, -0.15) is 4.31 Å². The Balaban J connectivity index is 2.98. The molecule has 2 unspecified atom stereocenters. The Labute approximate surface area is 95.2 Å². The molecule has 2 atom stereocenters. The number of hydrogen-bond acceptors (Lipinski definition) is 4. The van der Waals surface area contributed by atoms with E-state index in [-0.39, 0.29) is 19.1 Å². The molecule has 6 nitrogen and oxygen atoms in total. The Morgan fingerprint density at radius 1 is 1.50 bits per heavy atom. The van der Waals surface area contributed by atoms with E-state index in [1.165, 1.54) is 21.0 Å². The maximum Gasteiger partial charge on any atom is 0.322 e. The van der Waals surface area contributed by atoms with Crippen LogP contribution in [0, 0.1) is 0 Å². The van der Waals surface area contributed by atoms with Crippen molar-refractivity contribution >= 4 is 16.0 Å². The summed E-state index contributed by atoms with van der Waals surface area (Å²) in [5.74, 6) is -1.12. The van der Waals surface area contributed by atoms with E-state index in [0.29, 0.717) is 0 Å². The molecule has 0 aliphatic carbocycles. The fraction of sp³-hybridized carbons (Fsp3) is 0.889. The summed E-state index contributed by atoms with van der Waals surface area (Å²) in [6.07, 6.45) is -0.132. The lowest BCUT2D eigenvalue weighted by molar-refractivity contribution is -0.140. The Bertz CT molecular complexity index is 364. The van der Waals surface area contributed by atoms with Gasteiger partial charge in [-0.05, 0) is 13.8 Å². The molecule has 16 heavy (non-hydrogen) atoms. The molecule has 7 heteroatoms. The number of carboxylic acids is 1. The molecule has 0 spiro atoms. The third kappa shape index (κ3) is 2.36. The average Bonchev–Trinajstić information content (AvgIpc) is 2.61. The molecular formula is C9H17NO5S. The SMILES string of the molecule is COC1CC(C(=O)O)N(S(=O)(=O)C(C)C)C1. The van der Waals surface area contributed by atoms with Crippen LogP contribution < -0.4 is 0 Å². The minimum Gasteiger partial charge on any atom is -0.480 e. The summed E-state index contributed by atoms with van der Waals surface area (Å²) in [6, 6.07) is -1.00. The van der Waals surface area contributed by atoms with E-state index < -0.39 is 27.3 Å². The van der Waals surface area contributed by atoms with Crippen LogP contribution in [0.5, 0.6) is 0 Å². The first-order valence-corrected chi connectivity index (χ1v) is 6.57. The van der Waals surface area contributed by atoms with Crippen molar-refractivity contribution in [2.45, 2.75) is 37.7 Å². The standard InChI is InChI=1S/C9H17NO5S/c1-6(2)16(13,14)10-5-7(15-3)4-8(10)9(11)12/h6-8H,4-5H2,1-3H3,(H,11,12). The van der Waals surface area contributed by atoms with Crippen molar-refractivity contribution in [3.05, 3.63) is 0 Å². The van der Waals surface area contributed by atoms with E-state index in [2.05, 4.69) is 0 Å². The topological polar surface area (TPSA) is 83.9 Å². The van der Waals surface area contributed by atoms with Gasteiger partial charge < -0.3 is 9.84 Å². The molecule has 1 N–H and O–H groups in total. The zero-order valence-corrected chi connectivity index (χ0v) is 10.4. The average molecular weight is 251 g/mol. The number of nitrogens with zero attached hydrogens (tertiary/aromatic N) is 1. The second kappa shape index (κ2) is 4.68. The number of hydrogen-bond donors (Lipinski definition) is 1. The Morgan fingerprint density at radius 2 is 2.06 bits per heavy atom. The van der Waals surface area contributed by atoms with Crippen molar-refractivity contribution < 1.29 is 23.1 Å². The number of ether oxygens (including phenoxy) is 1. The predicted octanol–water partition coefficient (Wildman–Crippen LogP) is -0.101. The van der Waals surface area contributed by atoms with Gasteiger partial charge in [0.05, 0.1) is 11.4 Å². The first kappa shape index (κ1) is 13.4. The highest BCUT2D eigenvalue weighted by atomic mass is 32.2. The summed E-state index contributed by atoms with van der Waals surface area (Å²) >= 11 is 0. The molecule has 0 aromatic rings. The van der Waals surface area contributed by atoms with Crippen LogP contribution in [0.4, 0.5) is 0 Å². The van der Waals surface area contributed by atoms with E-state index in [4.69, 9.17) is 9.84 Å². The van der Waals surface area contributed by atoms with Gasteiger partial charge in [0.25, 0.3) is 0 Å². The molecule has 0 radical (unpaired) electrons. The summed E-state index contributed by atoms with van der Waals surface area (Å²) in [5, 5.41) is 8.36. The van der Waals surface area contributed by atoms with Gasteiger partial charge in [-0.1, -0.05) is 0 Å². The Kier molecular flexibility index (Phi) is 3.92. The minimum atomic E-state index is -3.54. The molecule has 0 aromatic carbocycles. The monoisotopic (exact) mass is 251 g/mol. The molecular weight excluding hydrogens is 234 g/mol. The first-order valence-electron chi connectivity index (χ1n) is 5.07. The van der Waals surface area contributed by atoms with Crippen LogP contribution in [0.25, 0.3) is 0 Å². The maximum absolute atomic E-state index is 11.9. The summed E-state index contributed by atoms with van der Waals surface area (Å²) in [6.45, 7) is 3.19. The molecule has 0 amide bonds. The van der Waals surface area contributed by atoms with Crippen molar-refractivity contribution in [3.63, 3.8) is 0 Å². The molecule has 1 aliphatic heterocycles. The van der Waals surface area contributed by atoms with E-state index in [0.717, 1.165) is 4.31 Å². The van der Waals surface area contributed by atoms with Gasteiger partial charge in [0, 0.05) is 20.1 Å². The lowest BCUT2D eigenvalue weighted by Gasteiger charge is -2.22. The molecule has 1 rings (SSSR count). The number of carboxylic acid groups (broad SMARTS) is 1. The van der Waals surface area contributed by atoms with Crippen LogP contribution in [-0.4, -0.2) is 54.8 Å². The minimum absolute atomic E-state index is 0.119. The van der Waals surface area contributed by atoms with Crippen molar-refractivity contribution in [2.75, 3.05) is 13.7 Å². The van der Waals surface area contributed by atoms with Crippen molar-refractivity contribution in [3.8, 4) is 0 Å². The summed E-state index contributed by atoms with van der Waals surface area (Å²) < 4.78 is 29.9. The second-order valence-electron chi connectivity index (χ2n) is 4.11. The maximum atomic E-state index is 11.9. The van der Waals surface area contributed by atoms with Gasteiger partial charge >= 0.3 is 5.97 Å².